The Hall–Kier alpha value is -1.55. The van der Waals surface area contributed by atoms with Crippen molar-refractivity contribution in [3.8, 4) is 5.75 Å². The summed E-state index contributed by atoms with van der Waals surface area (Å²) in [5.41, 5.74) is 6.48. The summed E-state index contributed by atoms with van der Waals surface area (Å²) < 4.78 is 4.91. The third kappa shape index (κ3) is 2.19. The van der Waals surface area contributed by atoms with Crippen molar-refractivity contribution in [2.45, 2.75) is 6.61 Å². The van der Waals surface area contributed by atoms with E-state index in [0.717, 1.165) is 5.56 Å². The topological polar surface area (TPSA) is 79.3 Å². The number of aromatic hydroxyl groups is 1. The second-order valence-electron chi connectivity index (χ2n) is 2.70. The number of ether oxygens (including phenoxy) is 1. The molecule has 4 heteroatoms. The highest BCUT2D eigenvalue weighted by molar-refractivity contribution is 5.97. The van der Waals surface area contributed by atoms with Gasteiger partial charge in [-0.15, -0.1) is 0 Å². The summed E-state index contributed by atoms with van der Waals surface area (Å²) >= 11 is 0. The van der Waals surface area contributed by atoms with Crippen LogP contribution in [-0.2, 0) is 11.3 Å². The number of hydrogen-bond acceptors (Lipinski definition) is 3. The van der Waals surface area contributed by atoms with E-state index in [0.29, 0.717) is 12.2 Å². The van der Waals surface area contributed by atoms with Gasteiger partial charge in [-0.3, -0.25) is 5.41 Å². The summed E-state index contributed by atoms with van der Waals surface area (Å²) in [7, 11) is 1.58. The van der Waals surface area contributed by atoms with E-state index >= 15 is 0 Å². The Kier molecular flexibility index (Phi) is 2.87. The van der Waals surface area contributed by atoms with Crippen molar-refractivity contribution in [3.05, 3.63) is 29.3 Å². The molecule has 13 heavy (non-hydrogen) atoms. The molecule has 0 saturated heterocycles. The standard InChI is InChI=1S/C9H12N2O2/c1-13-5-6-2-3-8(12)7(4-6)9(10)11/h2-4,12H,5H2,1H3,(H3,10,11). The molecule has 0 heterocycles. The van der Waals surface area contributed by atoms with Crippen LogP contribution in [0.2, 0.25) is 0 Å². The first-order valence-corrected chi connectivity index (χ1v) is 3.80. The summed E-state index contributed by atoms with van der Waals surface area (Å²) in [6, 6.07) is 4.87. The molecule has 70 valence electrons. The number of benzene rings is 1. The van der Waals surface area contributed by atoms with E-state index in [1.807, 2.05) is 0 Å². The van der Waals surface area contributed by atoms with Crippen molar-refractivity contribution >= 4 is 5.84 Å². The van der Waals surface area contributed by atoms with Gasteiger partial charge in [0.15, 0.2) is 0 Å². The van der Waals surface area contributed by atoms with Gasteiger partial charge < -0.3 is 15.6 Å². The lowest BCUT2D eigenvalue weighted by molar-refractivity contribution is 0.185. The van der Waals surface area contributed by atoms with Crippen LogP contribution in [0.15, 0.2) is 18.2 Å². The molecular formula is C9H12N2O2. The molecule has 1 aromatic carbocycles. The van der Waals surface area contributed by atoms with Gasteiger partial charge in [-0.1, -0.05) is 6.07 Å². The lowest BCUT2D eigenvalue weighted by atomic mass is 10.1. The first-order valence-electron chi connectivity index (χ1n) is 3.80. The van der Waals surface area contributed by atoms with E-state index in [4.69, 9.17) is 15.9 Å². The summed E-state index contributed by atoms with van der Waals surface area (Å²) in [6.45, 7) is 0.445. The number of nitrogens with one attached hydrogen (secondary N) is 1. The number of hydrogen-bond donors (Lipinski definition) is 3. The number of methoxy groups -OCH3 is 1. The quantitative estimate of drug-likeness (QED) is 0.476. The Morgan fingerprint density at radius 1 is 1.62 bits per heavy atom. The predicted octanol–water partition coefficient (Wildman–Crippen LogP) is 0.823. The van der Waals surface area contributed by atoms with Crippen LogP contribution < -0.4 is 5.73 Å². The highest BCUT2D eigenvalue weighted by Gasteiger charge is 2.04. The maximum atomic E-state index is 9.31. The summed E-state index contributed by atoms with van der Waals surface area (Å²) in [5.74, 6) is -0.122. The van der Waals surface area contributed by atoms with Crippen LogP contribution in [0.4, 0.5) is 0 Å². The molecule has 0 radical (unpaired) electrons. The van der Waals surface area contributed by atoms with Gasteiger partial charge in [-0.05, 0) is 17.7 Å². The van der Waals surface area contributed by atoms with E-state index in [-0.39, 0.29) is 11.6 Å². The van der Waals surface area contributed by atoms with Gasteiger partial charge in [0, 0.05) is 7.11 Å². The molecule has 0 saturated carbocycles. The number of amidine groups is 1. The molecule has 4 nitrogen and oxygen atoms in total. The number of phenols is 1. The van der Waals surface area contributed by atoms with E-state index in [1.54, 1.807) is 19.2 Å². The van der Waals surface area contributed by atoms with Crippen molar-refractivity contribution in [3.63, 3.8) is 0 Å². The summed E-state index contributed by atoms with van der Waals surface area (Å²) in [5, 5.41) is 16.5. The first-order chi connectivity index (χ1) is 6.15. The van der Waals surface area contributed by atoms with Crippen LogP contribution in [0.3, 0.4) is 0 Å². The second-order valence-corrected chi connectivity index (χ2v) is 2.70. The highest BCUT2D eigenvalue weighted by atomic mass is 16.5. The van der Waals surface area contributed by atoms with E-state index < -0.39 is 0 Å². The van der Waals surface area contributed by atoms with E-state index in [2.05, 4.69) is 0 Å². The van der Waals surface area contributed by atoms with Crippen molar-refractivity contribution in [2.75, 3.05) is 7.11 Å². The summed E-state index contributed by atoms with van der Waals surface area (Å²) in [6.07, 6.45) is 0. The largest absolute Gasteiger partial charge is 0.507 e. The fraction of sp³-hybridized carbons (Fsp3) is 0.222. The third-order valence-electron chi connectivity index (χ3n) is 1.66. The molecule has 0 bridgehead atoms. The van der Waals surface area contributed by atoms with E-state index in [9.17, 15) is 5.11 Å². The third-order valence-corrected chi connectivity index (χ3v) is 1.66. The van der Waals surface area contributed by atoms with Gasteiger partial charge in [-0.2, -0.15) is 0 Å². The maximum Gasteiger partial charge on any atom is 0.126 e. The van der Waals surface area contributed by atoms with Gasteiger partial charge >= 0.3 is 0 Å². The van der Waals surface area contributed by atoms with Gasteiger partial charge in [0.2, 0.25) is 0 Å². The first kappa shape index (κ1) is 9.54. The Labute approximate surface area is 76.5 Å². The molecule has 0 aliphatic heterocycles. The van der Waals surface area contributed by atoms with Crippen LogP contribution in [0.25, 0.3) is 0 Å². The number of phenolic OH excluding ortho intramolecular Hbond substituents is 1. The number of nitrogens with two attached hydrogens (primary N) is 1. The Morgan fingerprint density at radius 3 is 2.85 bits per heavy atom. The van der Waals surface area contributed by atoms with Gasteiger partial charge in [0.25, 0.3) is 0 Å². The van der Waals surface area contributed by atoms with Crippen molar-refractivity contribution < 1.29 is 9.84 Å². The molecule has 1 aromatic rings. The monoisotopic (exact) mass is 180 g/mol. The molecule has 0 spiro atoms. The average molecular weight is 180 g/mol. The predicted molar refractivity (Wildman–Crippen MR) is 49.8 cm³/mol. The lowest BCUT2D eigenvalue weighted by Crippen LogP contribution is -2.11. The minimum absolute atomic E-state index is 0.0207. The van der Waals surface area contributed by atoms with Gasteiger partial charge in [0.1, 0.15) is 11.6 Å². The van der Waals surface area contributed by atoms with Crippen molar-refractivity contribution in [1.82, 2.24) is 0 Å². The zero-order chi connectivity index (χ0) is 9.84. The van der Waals surface area contributed by atoms with Crippen molar-refractivity contribution in [2.24, 2.45) is 5.73 Å². The molecule has 0 atom stereocenters. The molecule has 0 aromatic heterocycles. The molecule has 0 aliphatic carbocycles. The van der Waals surface area contributed by atoms with Crippen LogP contribution in [0.5, 0.6) is 5.75 Å². The fourth-order valence-electron chi connectivity index (χ4n) is 1.06. The average Bonchev–Trinajstić information content (AvgIpc) is 2.08. The zero-order valence-electron chi connectivity index (χ0n) is 7.37. The molecular weight excluding hydrogens is 168 g/mol. The Bertz CT molecular complexity index is 323. The minimum Gasteiger partial charge on any atom is -0.507 e. The van der Waals surface area contributed by atoms with Gasteiger partial charge in [0.05, 0.1) is 12.2 Å². The summed E-state index contributed by atoms with van der Waals surface area (Å²) in [4.78, 5) is 0. The van der Waals surface area contributed by atoms with Crippen LogP contribution in [0, 0.1) is 5.41 Å². The Morgan fingerprint density at radius 2 is 2.31 bits per heavy atom. The molecule has 0 fully saturated rings. The number of rotatable bonds is 3. The molecule has 0 aliphatic rings. The number of nitrogen functional groups attached to an aromatic ring is 1. The van der Waals surface area contributed by atoms with Crippen LogP contribution in [-0.4, -0.2) is 18.1 Å². The minimum atomic E-state index is -0.143. The highest BCUT2D eigenvalue weighted by Crippen LogP contribution is 2.17. The van der Waals surface area contributed by atoms with Crippen molar-refractivity contribution in [1.29, 1.82) is 5.41 Å². The second kappa shape index (κ2) is 3.91. The van der Waals surface area contributed by atoms with Crippen LogP contribution >= 0.6 is 0 Å². The van der Waals surface area contributed by atoms with E-state index in [1.165, 1.54) is 6.07 Å². The molecule has 4 N–H and O–H groups in total. The normalized spacial score (nSPS) is 9.92. The Balaban J connectivity index is 3.04. The lowest BCUT2D eigenvalue weighted by Gasteiger charge is -2.05. The smallest absolute Gasteiger partial charge is 0.126 e. The van der Waals surface area contributed by atoms with Crippen LogP contribution in [0.1, 0.15) is 11.1 Å². The molecule has 1 rings (SSSR count). The molecule has 0 amide bonds. The van der Waals surface area contributed by atoms with Gasteiger partial charge in [-0.25, -0.2) is 0 Å². The maximum absolute atomic E-state index is 9.31. The molecule has 0 unspecified atom stereocenters. The fourth-order valence-corrected chi connectivity index (χ4v) is 1.06. The SMILES string of the molecule is COCc1ccc(O)c(C(=N)N)c1. The zero-order valence-corrected chi connectivity index (χ0v) is 7.37.